The van der Waals surface area contributed by atoms with Gasteiger partial charge in [0.05, 0.1) is 30.3 Å². The van der Waals surface area contributed by atoms with Gasteiger partial charge in [-0.3, -0.25) is 9.36 Å². The van der Waals surface area contributed by atoms with Gasteiger partial charge in [-0.2, -0.15) is 9.97 Å². The van der Waals surface area contributed by atoms with Crippen molar-refractivity contribution >= 4 is 29.1 Å². The molecule has 0 spiro atoms. The number of benzene rings is 1. The third-order valence-corrected chi connectivity index (χ3v) is 7.38. The standard InChI is InChI=1S/C24H28F2N8O2/c25-21(26)22-28-16-3-1-2-4-17(16)34(22)23-29-19(31-9-11-36-12-10-31)13-20(30-23)32-7-8-33(15-35)18(14-32)24(27)5-6-24/h1-4,13,15,18,21H,5-12,14,27H2. The summed E-state index contributed by atoms with van der Waals surface area (Å²) in [4.78, 5) is 31.3. The number of carbonyl (C=O) groups excluding carboxylic acids is 1. The quantitative estimate of drug-likeness (QED) is 0.513. The number of rotatable bonds is 6. The third-order valence-electron chi connectivity index (χ3n) is 7.38. The number of amides is 1. The molecule has 2 aliphatic heterocycles. The molecule has 3 fully saturated rings. The number of fused-ring (bicyclic) bond motifs is 1. The summed E-state index contributed by atoms with van der Waals surface area (Å²) in [6.07, 6.45) is -0.207. The van der Waals surface area contributed by atoms with E-state index in [1.165, 1.54) is 4.57 Å². The van der Waals surface area contributed by atoms with Crippen LogP contribution in [0.5, 0.6) is 0 Å². The van der Waals surface area contributed by atoms with Gasteiger partial charge in [0, 0.05) is 44.3 Å². The first kappa shape index (κ1) is 23.0. The third kappa shape index (κ3) is 4.03. The molecule has 0 bridgehead atoms. The molecule has 3 aromatic rings. The molecule has 10 nitrogen and oxygen atoms in total. The van der Waals surface area contributed by atoms with Crippen LogP contribution in [0.3, 0.4) is 0 Å². The molecule has 1 amide bonds. The number of ether oxygens (including phenoxy) is 1. The Balaban J connectivity index is 1.46. The van der Waals surface area contributed by atoms with E-state index in [9.17, 15) is 13.6 Å². The molecule has 1 unspecified atom stereocenters. The molecule has 2 saturated heterocycles. The SMILES string of the molecule is NC1(C2CN(c3cc(N4CCOCC4)nc(-n4c(C(F)F)nc5ccccc54)n3)CCN2C=O)CC1. The second kappa shape index (κ2) is 8.93. The van der Waals surface area contributed by atoms with E-state index in [0.29, 0.717) is 68.6 Å². The molecular weight excluding hydrogens is 470 g/mol. The summed E-state index contributed by atoms with van der Waals surface area (Å²) in [5.41, 5.74) is 7.09. The number of alkyl halides is 2. The zero-order chi connectivity index (χ0) is 24.9. The van der Waals surface area contributed by atoms with Crippen molar-refractivity contribution in [1.82, 2.24) is 24.4 Å². The number of carbonyl (C=O) groups is 1. The van der Waals surface area contributed by atoms with E-state index in [4.69, 9.17) is 20.4 Å². The number of anilines is 2. The second-order valence-corrected chi connectivity index (χ2v) is 9.62. The van der Waals surface area contributed by atoms with E-state index >= 15 is 0 Å². The minimum absolute atomic E-state index is 0.139. The van der Waals surface area contributed by atoms with Gasteiger partial charge in [-0.05, 0) is 25.0 Å². The summed E-state index contributed by atoms with van der Waals surface area (Å²) in [6, 6.07) is 8.73. The summed E-state index contributed by atoms with van der Waals surface area (Å²) < 4.78 is 35.1. The first-order chi connectivity index (χ1) is 17.5. The molecule has 190 valence electrons. The Morgan fingerprint density at radius 2 is 1.75 bits per heavy atom. The zero-order valence-corrected chi connectivity index (χ0v) is 19.8. The van der Waals surface area contributed by atoms with E-state index in [1.807, 2.05) is 6.07 Å². The number of nitrogens with two attached hydrogens (primary N) is 1. The Hall–Kier alpha value is -3.38. The lowest BCUT2D eigenvalue weighted by Crippen LogP contribution is -2.61. The number of aromatic nitrogens is 4. The lowest BCUT2D eigenvalue weighted by molar-refractivity contribution is -0.121. The molecule has 1 aromatic carbocycles. The largest absolute Gasteiger partial charge is 0.378 e. The summed E-state index contributed by atoms with van der Waals surface area (Å²) >= 11 is 0. The summed E-state index contributed by atoms with van der Waals surface area (Å²) in [5.74, 6) is 0.990. The molecule has 1 saturated carbocycles. The highest BCUT2D eigenvalue weighted by molar-refractivity contribution is 5.78. The summed E-state index contributed by atoms with van der Waals surface area (Å²) in [6.45, 7) is 3.96. The van der Waals surface area contributed by atoms with Crippen LogP contribution in [0, 0.1) is 0 Å². The number of morpholine rings is 1. The lowest BCUT2D eigenvalue weighted by Gasteiger charge is -2.43. The van der Waals surface area contributed by atoms with Gasteiger partial charge in [0.25, 0.3) is 6.43 Å². The first-order valence-corrected chi connectivity index (χ1v) is 12.2. The van der Waals surface area contributed by atoms with E-state index in [-0.39, 0.29) is 12.0 Å². The second-order valence-electron chi connectivity index (χ2n) is 9.62. The van der Waals surface area contributed by atoms with E-state index in [2.05, 4.69) is 14.8 Å². The number of hydrogen-bond acceptors (Lipinski definition) is 8. The monoisotopic (exact) mass is 498 g/mol. The maximum Gasteiger partial charge on any atom is 0.296 e. The fourth-order valence-corrected chi connectivity index (χ4v) is 5.15. The molecule has 4 heterocycles. The number of imidazole rings is 1. The van der Waals surface area contributed by atoms with Gasteiger partial charge in [-0.1, -0.05) is 12.1 Å². The van der Waals surface area contributed by atoms with Crippen molar-refractivity contribution in [3.63, 3.8) is 0 Å². The Morgan fingerprint density at radius 3 is 2.44 bits per heavy atom. The van der Waals surface area contributed by atoms with Crippen LogP contribution in [0.2, 0.25) is 0 Å². The van der Waals surface area contributed by atoms with Gasteiger partial charge in [0.15, 0.2) is 5.82 Å². The van der Waals surface area contributed by atoms with Crippen molar-refractivity contribution in [1.29, 1.82) is 0 Å². The number of nitrogens with zero attached hydrogens (tertiary/aromatic N) is 7. The van der Waals surface area contributed by atoms with Crippen LogP contribution in [0.4, 0.5) is 20.4 Å². The lowest BCUT2D eigenvalue weighted by atomic mass is 10.0. The Morgan fingerprint density at radius 1 is 1.03 bits per heavy atom. The van der Waals surface area contributed by atoms with Crippen LogP contribution in [-0.4, -0.2) is 88.3 Å². The molecule has 3 aliphatic rings. The van der Waals surface area contributed by atoms with Crippen molar-refractivity contribution < 1.29 is 18.3 Å². The Bertz CT molecular complexity index is 1270. The highest BCUT2D eigenvalue weighted by atomic mass is 19.3. The molecule has 1 aliphatic carbocycles. The van der Waals surface area contributed by atoms with Gasteiger partial charge in [0.1, 0.15) is 11.6 Å². The molecule has 6 rings (SSSR count). The van der Waals surface area contributed by atoms with Crippen LogP contribution < -0.4 is 15.5 Å². The summed E-state index contributed by atoms with van der Waals surface area (Å²) in [5, 5.41) is 0. The van der Waals surface area contributed by atoms with Gasteiger partial charge < -0.3 is 25.2 Å². The zero-order valence-electron chi connectivity index (χ0n) is 19.8. The van der Waals surface area contributed by atoms with Crippen molar-refractivity contribution in [2.45, 2.75) is 30.8 Å². The number of para-hydroxylation sites is 2. The van der Waals surface area contributed by atoms with E-state index in [1.54, 1.807) is 29.2 Å². The fourth-order valence-electron chi connectivity index (χ4n) is 5.15. The van der Waals surface area contributed by atoms with Crippen LogP contribution in [0.25, 0.3) is 17.0 Å². The molecule has 0 radical (unpaired) electrons. The molecular formula is C24H28F2N8O2. The normalized spacial score (nSPS) is 21.9. The topological polar surface area (TPSA) is 106 Å². The van der Waals surface area contributed by atoms with Crippen LogP contribution in [0.1, 0.15) is 25.1 Å². The highest BCUT2D eigenvalue weighted by Crippen LogP contribution is 2.40. The Labute approximate surface area is 206 Å². The fraction of sp³-hybridized carbons (Fsp3) is 0.500. The maximum absolute atomic E-state index is 14.1. The van der Waals surface area contributed by atoms with E-state index in [0.717, 1.165) is 19.3 Å². The average molecular weight is 499 g/mol. The highest BCUT2D eigenvalue weighted by Gasteiger charge is 2.50. The Kier molecular flexibility index (Phi) is 5.72. The smallest absolute Gasteiger partial charge is 0.296 e. The van der Waals surface area contributed by atoms with Gasteiger partial charge in [0.2, 0.25) is 12.4 Å². The number of piperazine rings is 1. The van der Waals surface area contributed by atoms with Crippen molar-refractivity contribution in [2.75, 3.05) is 55.7 Å². The minimum Gasteiger partial charge on any atom is -0.378 e. The average Bonchev–Trinajstić information content (AvgIpc) is 3.54. The van der Waals surface area contributed by atoms with Gasteiger partial charge in [-0.25, -0.2) is 13.8 Å². The predicted molar refractivity (Wildman–Crippen MR) is 130 cm³/mol. The van der Waals surface area contributed by atoms with Crippen LogP contribution in [0.15, 0.2) is 30.3 Å². The van der Waals surface area contributed by atoms with Crippen LogP contribution in [-0.2, 0) is 9.53 Å². The van der Waals surface area contributed by atoms with E-state index < -0.39 is 17.8 Å². The van der Waals surface area contributed by atoms with Crippen molar-refractivity contribution in [3.8, 4) is 5.95 Å². The van der Waals surface area contributed by atoms with Crippen LogP contribution >= 0.6 is 0 Å². The number of hydrogen-bond donors (Lipinski definition) is 1. The molecule has 12 heteroatoms. The first-order valence-electron chi connectivity index (χ1n) is 12.2. The molecule has 36 heavy (non-hydrogen) atoms. The van der Waals surface area contributed by atoms with Gasteiger partial charge >= 0.3 is 0 Å². The minimum atomic E-state index is -2.80. The maximum atomic E-state index is 14.1. The van der Waals surface area contributed by atoms with Crippen molar-refractivity contribution in [3.05, 3.63) is 36.2 Å². The molecule has 2 N–H and O–H groups in total. The number of halogens is 2. The molecule has 2 aromatic heterocycles. The summed E-state index contributed by atoms with van der Waals surface area (Å²) in [7, 11) is 0. The molecule has 1 atom stereocenters. The predicted octanol–water partition coefficient (Wildman–Crippen LogP) is 1.73. The van der Waals surface area contributed by atoms with Crippen molar-refractivity contribution in [2.24, 2.45) is 5.73 Å². The van der Waals surface area contributed by atoms with Gasteiger partial charge in [-0.15, -0.1) is 0 Å².